The molecule has 176 valence electrons. The second kappa shape index (κ2) is 9.84. The Kier molecular flexibility index (Phi) is 6.69. The minimum absolute atomic E-state index is 0.0501. The summed E-state index contributed by atoms with van der Waals surface area (Å²) in [5.41, 5.74) is 1.11. The van der Waals surface area contributed by atoms with Crippen LogP contribution in [0.15, 0.2) is 42.5 Å². The number of esters is 2. The molecule has 0 aromatic heterocycles. The van der Waals surface area contributed by atoms with Crippen molar-refractivity contribution < 1.29 is 38.2 Å². The van der Waals surface area contributed by atoms with Crippen LogP contribution >= 0.6 is 0 Å². The van der Waals surface area contributed by atoms with E-state index in [4.69, 9.17) is 9.47 Å². The molecule has 4 rings (SSSR count). The molecule has 0 unspecified atom stereocenters. The highest BCUT2D eigenvalue weighted by molar-refractivity contribution is 6.22. The van der Waals surface area contributed by atoms with Crippen molar-refractivity contribution in [3.05, 3.63) is 64.7 Å². The van der Waals surface area contributed by atoms with Crippen LogP contribution in [-0.4, -0.2) is 67.5 Å². The lowest BCUT2D eigenvalue weighted by Gasteiger charge is -2.17. The van der Waals surface area contributed by atoms with Gasteiger partial charge in [-0.3, -0.25) is 19.3 Å². The molecule has 10 nitrogen and oxygen atoms in total. The summed E-state index contributed by atoms with van der Waals surface area (Å²) in [4.78, 5) is 62.4. The van der Waals surface area contributed by atoms with E-state index in [1.807, 2.05) is 0 Å². The molecule has 0 saturated carbocycles. The molecule has 2 aliphatic heterocycles. The largest absolute Gasteiger partial charge is 0.465 e. The Labute approximate surface area is 194 Å². The number of fused-ring (bicyclic) bond motifs is 1. The Balaban J connectivity index is 1.34. The topological polar surface area (TPSA) is 128 Å². The van der Waals surface area contributed by atoms with Crippen LogP contribution in [0, 0.1) is 0 Å². The molecule has 34 heavy (non-hydrogen) atoms. The summed E-state index contributed by atoms with van der Waals surface area (Å²) in [6, 6.07) is 10.1. The Hall–Kier alpha value is -4.05. The number of amides is 3. The number of hydrogen-bond acceptors (Lipinski definition) is 8. The second-order valence-electron chi connectivity index (χ2n) is 7.81. The summed E-state index contributed by atoms with van der Waals surface area (Å²) < 4.78 is 15.2. The van der Waals surface area contributed by atoms with Crippen molar-refractivity contribution in [2.45, 2.75) is 18.9 Å². The zero-order valence-corrected chi connectivity index (χ0v) is 18.4. The van der Waals surface area contributed by atoms with Gasteiger partial charge in [-0.15, -0.1) is 0 Å². The minimum atomic E-state index is -0.809. The maximum atomic E-state index is 12.7. The van der Waals surface area contributed by atoms with Gasteiger partial charge in [-0.25, -0.2) is 9.59 Å². The molecule has 10 heteroatoms. The van der Waals surface area contributed by atoms with Crippen LogP contribution < -0.4 is 5.32 Å². The smallest absolute Gasteiger partial charge is 0.338 e. The van der Waals surface area contributed by atoms with Gasteiger partial charge in [-0.2, -0.15) is 0 Å². The quantitative estimate of drug-likeness (QED) is 0.485. The number of hydrogen-bond donors (Lipinski definition) is 1. The van der Waals surface area contributed by atoms with E-state index in [1.54, 1.807) is 0 Å². The highest BCUT2D eigenvalue weighted by atomic mass is 16.5. The number of imide groups is 1. The number of nitrogens with one attached hydrogen (secondary N) is 1. The minimum Gasteiger partial charge on any atom is -0.465 e. The van der Waals surface area contributed by atoms with Crippen molar-refractivity contribution in [3.8, 4) is 0 Å². The maximum Gasteiger partial charge on any atom is 0.338 e. The number of ether oxygens (including phenoxy) is 3. The van der Waals surface area contributed by atoms with Crippen LogP contribution in [0.5, 0.6) is 0 Å². The van der Waals surface area contributed by atoms with Crippen LogP contribution in [0.4, 0.5) is 5.69 Å². The van der Waals surface area contributed by atoms with Crippen LogP contribution in [0.1, 0.15) is 54.3 Å². The Bertz CT molecular complexity index is 1150. The van der Waals surface area contributed by atoms with Crippen LogP contribution in [0.25, 0.3) is 0 Å². The first kappa shape index (κ1) is 23.1. The Morgan fingerprint density at radius 1 is 1.00 bits per heavy atom. The lowest BCUT2D eigenvalue weighted by atomic mass is 10.1. The lowest BCUT2D eigenvalue weighted by Crippen LogP contribution is -2.36. The number of benzene rings is 2. The summed E-state index contributed by atoms with van der Waals surface area (Å²) in [5, 5.41) is 2.54. The van der Waals surface area contributed by atoms with E-state index in [1.165, 1.54) is 49.6 Å². The van der Waals surface area contributed by atoms with Crippen LogP contribution in [0.3, 0.4) is 0 Å². The molecule has 0 bridgehead atoms. The van der Waals surface area contributed by atoms with Crippen molar-refractivity contribution in [2.24, 2.45) is 0 Å². The van der Waals surface area contributed by atoms with Crippen molar-refractivity contribution >= 4 is 35.3 Å². The number of carbonyl (C=O) groups excluding carboxylic acids is 5. The molecule has 1 atom stereocenters. The Morgan fingerprint density at radius 2 is 1.71 bits per heavy atom. The van der Waals surface area contributed by atoms with E-state index in [0.717, 1.165) is 17.7 Å². The average molecular weight is 466 g/mol. The van der Waals surface area contributed by atoms with Gasteiger partial charge in [0.15, 0.2) is 6.61 Å². The monoisotopic (exact) mass is 466 g/mol. The number of anilines is 1. The highest BCUT2D eigenvalue weighted by Crippen LogP contribution is 2.26. The number of nitrogens with zero attached hydrogens (tertiary/aromatic N) is 1. The summed E-state index contributed by atoms with van der Waals surface area (Å²) >= 11 is 0. The van der Waals surface area contributed by atoms with E-state index in [-0.39, 0.29) is 29.3 Å². The third-order valence-electron chi connectivity index (χ3n) is 5.54. The normalized spacial score (nSPS) is 16.9. The van der Waals surface area contributed by atoms with Gasteiger partial charge in [0.2, 0.25) is 0 Å². The predicted molar refractivity (Wildman–Crippen MR) is 117 cm³/mol. The standard InChI is InChI=1S/C24H22N2O8/c1-32-23(30)14-4-7-16(8-5-14)25-20(27)13-34-24(31)15-6-9-18-19(11-15)22(29)26(21(18)28)12-17-3-2-10-33-17/h4-9,11,17H,2-3,10,12-13H2,1H3,(H,25,27)/t17-/m0/s1. The average Bonchev–Trinajstić information content (AvgIpc) is 3.45. The van der Waals surface area contributed by atoms with Gasteiger partial charge < -0.3 is 19.5 Å². The van der Waals surface area contributed by atoms with Gasteiger partial charge in [0, 0.05) is 12.3 Å². The number of methoxy groups -OCH3 is 1. The fourth-order valence-electron chi connectivity index (χ4n) is 3.79. The van der Waals surface area contributed by atoms with E-state index in [2.05, 4.69) is 10.1 Å². The molecule has 1 fully saturated rings. The molecule has 0 aliphatic carbocycles. The number of carbonyl (C=O) groups is 5. The molecule has 2 aromatic rings. The van der Waals surface area contributed by atoms with E-state index < -0.39 is 36.3 Å². The fourth-order valence-corrected chi connectivity index (χ4v) is 3.79. The van der Waals surface area contributed by atoms with Crippen LogP contribution in [0.2, 0.25) is 0 Å². The van der Waals surface area contributed by atoms with E-state index in [0.29, 0.717) is 17.9 Å². The third kappa shape index (κ3) is 4.81. The molecular weight excluding hydrogens is 444 g/mol. The maximum absolute atomic E-state index is 12.7. The van der Waals surface area contributed by atoms with Crippen LogP contribution in [-0.2, 0) is 19.0 Å². The zero-order chi connectivity index (χ0) is 24.2. The van der Waals surface area contributed by atoms with Crippen molar-refractivity contribution in [2.75, 3.05) is 32.2 Å². The summed E-state index contributed by atoms with van der Waals surface area (Å²) in [5.74, 6) is -2.81. The first-order valence-electron chi connectivity index (χ1n) is 10.6. The molecule has 0 spiro atoms. The van der Waals surface area contributed by atoms with Gasteiger partial charge in [-0.1, -0.05) is 0 Å². The molecule has 1 N–H and O–H groups in total. The van der Waals surface area contributed by atoms with Gasteiger partial charge >= 0.3 is 11.9 Å². The van der Waals surface area contributed by atoms with Gasteiger partial charge in [0.05, 0.1) is 42.0 Å². The SMILES string of the molecule is COC(=O)c1ccc(NC(=O)COC(=O)c2ccc3c(c2)C(=O)N(C[C@@H]2CCCO2)C3=O)cc1. The predicted octanol–water partition coefficient (Wildman–Crippen LogP) is 2.04. The first-order valence-corrected chi connectivity index (χ1v) is 10.6. The molecule has 3 amide bonds. The van der Waals surface area contributed by atoms with Gasteiger partial charge in [-0.05, 0) is 55.3 Å². The molecule has 0 radical (unpaired) electrons. The van der Waals surface area contributed by atoms with Gasteiger partial charge in [0.25, 0.3) is 17.7 Å². The molecular formula is C24H22N2O8. The zero-order valence-electron chi connectivity index (χ0n) is 18.4. The molecule has 2 heterocycles. The molecule has 2 aromatic carbocycles. The van der Waals surface area contributed by atoms with E-state index >= 15 is 0 Å². The van der Waals surface area contributed by atoms with Crippen molar-refractivity contribution in [3.63, 3.8) is 0 Å². The molecule has 1 saturated heterocycles. The van der Waals surface area contributed by atoms with Crippen molar-refractivity contribution in [1.82, 2.24) is 4.90 Å². The Morgan fingerprint density at radius 3 is 2.38 bits per heavy atom. The third-order valence-corrected chi connectivity index (χ3v) is 5.54. The summed E-state index contributed by atoms with van der Waals surface area (Å²) in [6.07, 6.45) is 1.49. The number of rotatable bonds is 7. The summed E-state index contributed by atoms with van der Waals surface area (Å²) in [6.45, 7) is 0.218. The second-order valence-corrected chi connectivity index (χ2v) is 7.81. The van der Waals surface area contributed by atoms with Gasteiger partial charge in [0.1, 0.15) is 0 Å². The van der Waals surface area contributed by atoms with Crippen molar-refractivity contribution in [1.29, 1.82) is 0 Å². The molecule has 2 aliphatic rings. The highest BCUT2D eigenvalue weighted by Gasteiger charge is 2.38. The van der Waals surface area contributed by atoms with E-state index in [9.17, 15) is 24.0 Å². The summed E-state index contributed by atoms with van der Waals surface area (Å²) in [7, 11) is 1.27. The lowest BCUT2D eigenvalue weighted by molar-refractivity contribution is -0.119. The fraction of sp³-hybridized carbons (Fsp3) is 0.292. The first-order chi connectivity index (χ1) is 16.4.